The van der Waals surface area contributed by atoms with Gasteiger partial charge >= 0.3 is 6.09 Å². The molecule has 88 valence electrons. The summed E-state index contributed by atoms with van der Waals surface area (Å²) in [5, 5.41) is 0. The molecule has 0 aliphatic carbocycles. The molecule has 15 heavy (non-hydrogen) atoms. The van der Waals surface area contributed by atoms with Crippen LogP contribution in [0.4, 0.5) is 4.79 Å². The van der Waals surface area contributed by atoms with Gasteiger partial charge in [0.25, 0.3) is 0 Å². The molecule has 4 nitrogen and oxygen atoms in total. The first kappa shape index (κ1) is 13.8. The molecule has 2 N–H and O–H groups in total. The predicted molar refractivity (Wildman–Crippen MR) is 61.4 cm³/mol. The van der Waals surface area contributed by atoms with Gasteiger partial charge in [-0.05, 0) is 34.6 Å². The monoisotopic (exact) mass is 214 g/mol. The van der Waals surface area contributed by atoms with Crippen molar-refractivity contribution in [3.8, 4) is 0 Å². The molecule has 0 bridgehead atoms. The van der Waals surface area contributed by atoms with Crippen molar-refractivity contribution in [2.75, 3.05) is 13.6 Å². The fourth-order valence-corrected chi connectivity index (χ4v) is 0.818. The quantitative estimate of drug-likeness (QED) is 0.766. The van der Waals surface area contributed by atoms with E-state index >= 15 is 0 Å². The minimum absolute atomic E-state index is 0.355. The van der Waals surface area contributed by atoms with E-state index in [1.165, 1.54) is 4.90 Å². The number of hydrogen-bond acceptors (Lipinski definition) is 3. The molecular formula is C11H22N2O2. The van der Waals surface area contributed by atoms with Crippen molar-refractivity contribution < 1.29 is 9.53 Å². The summed E-state index contributed by atoms with van der Waals surface area (Å²) >= 11 is 0. The van der Waals surface area contributed by atoms with Crippen LogP contribution in [0.25, 0.3) is 0 Å². The van der Waals surface area contributed by atoms with Crippen LogP contribution in [0.1, 0.15) is 34.6 Å². The minimum atomic E-state index is -0.467. The average Bonchev–Trinajstić information content (AvgIpc) is 2.00. The smallest absolute Gasteiger partial charge is 0.410 e. The Balaban J connectivity index is 4.30. The van der Waals surface area contributed by atoms with Crippen molar-refractivity contribution in [1.82, 2.24) is 4.90 Å². The Labute approximate surface area is 92.1 Å². The maximum Gasteiger partial charge on any atom is 0.410 e. The van der Waals surface area contributed by atoms with Gasteiger partial charge in [-0.2, -0.15) is 0 Å². The minimum Gasteiger partial charge on any atom is -0.444 e. The second kappa shape index (κ2) is 5.05. The Morgan fingerprint density at radius 2 is 1.80 bits per heavy atom. The lowest BCUT2D eigenvalue weighted by atomic mass is 10.2. The average molecular weight is 214 g/mol. The highest BCUT2D eigenvalue weighted by Gasteiger charge is 2.19. The highest BCUT2D eigenvalue weighted by molar-refractivity contribution is 5.68. The van der Waals surface area contributed by atoms with Gasteiger partial charge in [0.2, 0.25) is 0 Å². The van der Waals surface area contributed by atoms with E-state index in [0.717, 1.165) is 5.57 Å². The van der Waals surface area contributed by atoms with Crippen molar-refractivity contribution in [2.45, 2.75) is 40.2 Å². The fraction of sp³-hybridized carbons (Fsp3) is 0.727. The van der Waals surface area contributed by atoms with Gasteiger partial charge in [0.1, 0.15) is 5.60 Å². The molecular weight excluding hydrogens is 192 g/mol. The van der Waals surface area contributed by atoms with Crippen molar-refractivity contribution in [3.05, 3.63) is 11.3 Å². The van der Waals surface area contributed by atoms with E-state index in [4.69, 9.17) is 10.5 Å². The first-order valence-corrected chi connectivity index (χ1v) is 4.99. The third-order valence-corrected chi connectivity index (χ3v) is 1.75. The lowest BCUT2D eigenvalue weighted by molar-refractivity contribution is 0.0313. The predicted octanol–water partition coefficient (Wildman–Crippen LogP) is 2.11. The maximum absolute atomic E-state index is 11.5. The van der Waals surface area contributed by atoms with E-state index in [1.807, 2.05) is 34.6 Å². The molecule has 0 saturated heterocycles. The summed E-state index contributed by atoms with van der Waals surface area (Å²) < 4.78 is 5.19. The summed E-state index contributed by atoms with van der Waals surface area (Å²) in [5.74, 6) is 0. The van der Waals surface area contributed by atoms with E-state index in [9.17, 15) is 4.79 Å². The Morgan fingerprint density at radius 1 is 1.33 bits per heavy atom. The zero-order valence-electron chi connectivity index (χ0n) is 10.5. The van der Waals surface area contributed by atoms with Gasteiger partial charge in [-0.25, -0.2) is 4.79 Å². The van der Waals surface area contributed by atoms with Gasteiger partial charge in [0, 0.05) is 12.7 Å². The van der Waals surface area contributed by atoms with E-state index in [1.54, 1.807) is 7.05 Å². The van der Waals surface area contributed by atoms with Crippen molar-refractivity contribution in [1.29, 1.82) is 0 Å². The number of rotatable bonds is 2. The molecule has 0 spiro atoms. The lowest BCUT2D eigenvalue weighted by Gasteiger charge is -2.24. The maximum atomic E-state index is 11.5. The number of carbonyl (C=O) groups is 1. The number of nitrogens with zero attached hydrogens (tertiary/aromatic N) is 1. The zero-order valence-corrected chi connectivity index (χ0v) is 10.5. The van der Waals surface area contributed by atoms with Gasteiger partial charge in [-0.3, -0.25) is 0 Å². The van der Waals surface area contributed by atoms with Crippen LogP contribution < -0.4 is 5.73 Å². The molecule has 0 saturated carbocycles. The highest BCUT2D eigenvalue weighted by atomic mass is 16.6. The van der Waals surface area contributed by atoms with Crippen LogP contribution >= 0.6 is 0 Å². The Hall–Kier alpha value is -1.19. The van der Waals surface area contributed by atoms with Crippen LogP contribution in [0.15, 0.2) is 11.3 Å². The topological polar surface area (TPSA) is 55.6 Å². The molecule has 0 aliphatic rings. The summed E-state index contributed by atoms with van der Waals surface area (Å²) in [6.45, 7) is 9.74. The molecule has 0 aromatic rings. The van der Waals surface area contributed by atoms with Gasteiger partial charge in [0.05, 0.1) is 6.54 Å². The van der Waals surface area contributed by atoms with Gasteiger partial charge < -0.3 is 15.4 Å². The summed E-state index contributed by atoms with van der Waals surface area (Å²) in [6.07, 6.45) is -0.355. The Bertz CT molecular complexity index is 260. The summed E-state index contributed by atoms with van der Waals surface area (Å²) in [5.41, 5.74) is 7.00. The molecule has 0 aliphatic heterocycles. The van der Waals surface area contributed by atoms with Crippen LogP contribution in [0.5, 0.6) is 0 Å². The molecule has 1 amide bonds. The van der Waals surface area contributed by atoms with Gasteiger partial charge in [0.15, 0.2) is 0 Å². The molecule has 0 fully saturated rings. The summed E-state index contributed by atoms with van der Waals surface area (Å²) in [7, 11) is 1.67. The molecule has 0 heterocycles. The number of ether oxygens (including phenoxy) is 1. The Kier molecular flexibility index (Phi) is 4.65. The molecule has 0 aromatic carbocycles. The normalized spacial score (nSPS) is 10.8. The van der Waals surface area contributed by atoms with E-state index < -0.39 is 5.60 Å². The molecule has 0 unspecified atom stereocenters. The summed E-state index contributed by atoms with van der Waals surface area (Å²) in [4.78, 5) is 13.0. The van der Waals surface area contributed by atoms with Crippen molar-refractivity contribution >= 4 is 6.09 Å². The van der Waals surface area contributed by atoms with E-state index in [2.05, 4.69) is 0 Å². The largest absolute Gasteiger partial charge is 0.444 e. The number of allylic oxidation sites excluding steroid dienone is 1. The van der Waals surface area contributed by atoms with E-state index in [-0.39, 0.29) is 6.09 Å². The van der Waals surface area contributed by atoms with Crippen LogP contribution in [0.3, 0.4) is 0 Å². The molecule has 4 heteroatoms. The third kappa shape index (κ3) is 5.99. The standard InChI is InChI=1S/C11H22N2O2/c1-8(2)9(12)7-13(6)10(14)15-11(3,4)5/h7,12H2,1-6H3. The number of likely N-dealkylation sites (N-methyl/N-ethyl adjacent to an activating group) is 1. The lowest BCUT2D eigenvalue weighted by Crippen LogP contribution is -2.36. The van der Waals surface area contributed by atoms with Crippen LogP contribution in [-0.2, 0) is 4.74 Å². The summed E-state index contributed by atoms with van der Waals surface area (Å²) in [6, 6.07) is 0. The molecule has 0 rings (SSSR count). The SMILES string of the molecule is CC(C)=C(N)CN(C)C(=O)OC(C)(C)C. The first-order chi connectivity index (χ1) is 6.63. The van der Waals surface area contributed by atoms with E-state index in [0.29, 0.717) is 12.2 Å². The van der Waals surface area contributed by atoms with Gasteiger partial charge in [-0.1, -0.05) is 5.57 Å². The van der Waals surface area contributed by atoms with Crippen molar-refractivity contribution in [2.24, 2.45) is 5.73 Å². The van der Waals surface area contributed by atoms with Gasteiger partial charge in [-0.15, -0.1) is 0 Å². The third-order valence-electron chi connectivity index (χ3n) is 1.75. The zero-order chi connectivity index (χ0) is 12.2. The highest BCUT2D eigenvalue weighted by Crippen LogP contribution is 2.09. The molecule has 0 radical (unpaired) electrons. The molecule has 0 aromatic heterocycles. The number of amides is 1. The number of hydrogen-bond donors (Lipinski definition) is 1. The van der Waals surface area contributed by atoms with Crippen molar-refractivity contribution in [3.63, 3.8) is 0 Å². The second-order valence-corrected chi connectivity index (χ2v) is 4.86. The number of nitrogens with two attached hydrogens (primary N) is 1. The first-order valence-electron chi connectivity index (χ1n) is 4.99. The number of carbonyl (C=O) groups excluding carboxylic acids is 1. The second-order valence-electron chi connectivity index (χ2n) is 4.86. The van der Waals surface area contributed by atoms with Crippen LogP contribution in [0, 0.1) is 0 Å². The van der Waals surface area contributed by atoms with Crippen LogP contribution in [0.2, 0.25) is 0 Å². The molecule has 0 atom stereocenters. The van der Waals surface area contributed by atoms with Crippen LogP contribution in [-0.4, -0.2) is 30.2 Å². The fourth-order valence-electron chi connectivity index (χ4n) is 0.818. The Morgan fingerprint density at radius 3 is 2.13 bits per heavy atom.